The van der Waals surface area contributed by atoms with Crippen molar-refractivity contribution in [2.24, 2.45) is 0 Å². The first-order chi connectivity index (χ1) is 11.9. The normalized spacial score (nSPS) is 11.6. The molecule has 0 aliphatic carbocycles. The molecule has 130 valence electrons. The fourth-order valence-electron chi connectivity index (χ4n) is 2.34. The minimum absolute atomic E-state index is 0.182. The summed E-state index contributed by atoms with van der Waals surface area (Å²) in [6, 6.07) is 9.79. The standard InChI is InChI=1S/C16H15N3O4S2/c1-17-25(22,23)13-5-2-11(3-6-13)15-18-8-9-19(15)10-12-4-7-14(24-12)16(20)21/h2-9,17H,10H2,1H3,(H,20,21). The highest BCUT2D eigenvalue weighted by Gasteiger charge is 2.13. The van der Waals surface area contributed by atoms with Crippen molar-refractivity contribution in [2.45, 2.75) is 11.4 Å². The van der Waals surface area contributed by atoms with E-state index in [1.165, 1.54) is 30.5 Å². The Morgan fingerprint density at radius 3 is 2.56 bits per heavy atom. The number of carboxylic acids is 1. The van der Waals surface area contributed by atoms with Crippen LogP contribution in [-0.2, 0) is 16.6 Å². The third-order valence-corrected chi connectivity index (χ3v) is 6.09. The molecule has 2 heterocycles. The zero-order valence-electron chi connectivity index (χ0n) is 13.2. The van der Waals surface area contributed by atoms with Crippen LogP contribution in [0, 0.1) is 0 Å². The van der Waals surface area contributed by atoms with E-state index in [1.54, 1.807) is 36.7 Å². The number of sulfonamides is 1. The van der Waals surface area contributed by atoms with Gasteiger partial charge < -0.3 is 9.67 Å². The van der Waals surface area contributed by atoms with Gasteiger partial charge in [-0.3, -0.25) is 0 Å². The highest BCUT2D eigenvalue weighted by molar-refractivity contribution is 7.89. The molecule has 9 heteroatoms. The van der Waals surface area contributed by atoms with E-state index in [0.717, 1.165) is 10.4 Å². The lowest BCUT2D eigenvalue weighted by Gasteiger charge is -2.08. The molecule has 0 aliphatic rings. The van der Waals surface area contributed by atoms with E-state index < -0.39 is 16.0 Å². The summed E-state index contributed by atoms with van der Waals surface area (Å²) in [6.07, 6.45) is 3.45. The Labute approximate surface area is 148 Å². The highest BCUT2D eigenvalue weighted by Crippen LogP contribution is 2.23. The molecular weight excluding hydrogens is 362 g/mol. The van der Waals surface area contributed by atoms with Gasteiger partial charge in [0.15, 0.2) is 0 Å². The second-order valence-electron chi connectivity index (χ2n) is 5.18. The van der Waals surface area contributed by atoms with Gasteiger partial charge in [-0.05, 0) is 43.4 Å². The van der Waals surface area contributed by atoms with Crippen molar-refractivity contribution in [2.75, 3.05) is 7.05 Å². The maximum Gasteiger partial charge on any atom is 0.345 e. The molecule has 2 N–H and O–H groups in total. The van der Waals surface area contributed by atoms with Gasteiger partial charge >= 0.3 is 5.97 Å². The van der Waals surface area contributed by atoms with E-state index in [1.807, 2.05) is 4.57 Å². The van der Waals surface area contributed by atoms with Gasteiger partial charge in [-0.25, -0.2) is 22.9 Å². The number of imidazole rings is 1. The minimum atomic E-state index is -3.48. The average Bonchev–Trinajstić information content (AvgIpc) is 3.25. The van der Waals surface area contributed by atoms with Crippen molar-refractivity contribution in [1.29, 1.82) is 0 Å². The monoisotopic (exact) mass is 377 g/mol. The number of carboxylic acid groups (broad SMARTS) is 1. The van der Waals surface area contributed by atoms with E-state index in [9.17, 15) is 13.2 Å². The second kappa shape index (κ2) is 6.79. The van der Waals surface area contributed by atoms with Gasteiger partial charge in [-0.2, -0.15) is 0 Å². The smallest absolute Gasteiger partial charge is 0.345 e. The van der Waals surface area contributed by atoms with Crippen molar-refractivity contribution in [3.63, 3.8) is 0 Å². The fraction of sp³-hybridized carbons (Fsp3) is 0.125. The molecule has 0 bridgehead atoms. The number of hydrogen-bond donors (Lipinski definition) is 2. The van der Waals surface area contributed by atoms with Gasteiger partial charge in [0.1, 0.15) is 10.7 Å². The van der Waals surface area contributed by atoms with Crippen LogP contribution < -0.4 is 4.72 Å². The van der Waals surface area contributed by atoms with Crippen LogP contribution in [-0.4, -0.2) is 36.1 Å². The van der Waals surface area contributed by atoms with Crippen LogP contribution in [0.4, 0.5) is 0 Å². The van der Waals surface area contributed by atoms with Crippen molar-refractivity contribution in [1.82, 2.24) is 14.3 Å². The number of aromatic nitrogens is 2. The number of hydrogen-bond acceptors (Lipinski definition) is 5. The average molecular weight is 377 g/mol. The molecule has 0 radical (unpaired) electrons. The molecule has 1 aromatic carbocycles. The Hall–Kier alpha value is -2.49. The Morgan fingerprint density at radius 2 is 1.96 bits per heavy atom. The summed E-state index contributed by atoms with van der Waals surface area (Å²) in [5.41, 5.74) is 0.773. The molecule has 0 unspecified atom stereocenters. The van der Waals surface area contributed by atoms with Crippen LogP contribution in [0.15, 0.2) is 53.7 Å². The molecule has 0 saturated heterocycles. The molecule has 0 amide bonds. The van der Waals surface area contributed by atoms with Crippen molar-refractivity contribution in [3.8, 4) is 11.4 Å². The molecular formula is C16H15N3O4S2. The predicted octanol–water partition coefficient (Wildman–Crippen LogP) is 2.27. The van der Waals surface area contributed by atoms with Crippen LogP contribution in [0.2, 0.25) is 0 Å². The minimum Gasteiger partial charge on any atom is -0.477 e. The first-order valence-corrected chi connectivity index (χ1v) is 9.58. The summed E-state index contributed by atoms with van der Waals surface area (Å²) in [4.78, 5) is 16.7. The van der Waals surface area contributed by atoms with Crippen molar-refractivity contribution >= 4 is 27.3 Å². The van der Waals surface area contributed by atoms with Gasteiger partial charge in [-0.15, -0.1) is 11.3 Å². The second-order valence-corrected chi connectivity index (χ2v) is 8.24. The molecule has 0 saturated carbocycles. The molecule has 7 nitrogen and oxygen atoms in total. The Morgan fingerprint density at radius 1 is 1.24 bits per heavy atom. The van der Waals surface area contributed by atoms with Crippen LogP contribution in [0.1, 0.15) is 14.5 Å². The quantitative estimate of drug-likeness (QED) is 0.686. The summed E-state index contributed by atoms with van der Waals surface area (Å²) in [5, 5.41) is 9.01. The Bertz CT molecular complexity index is 1000. The van der Waals surface area contributed by atoms with Crippen LogP contribution >= 0.6 is 11.3 Å². The van der Waals surface area contributed by atoms with Crippen LogP contribution in [0.5, 0.6) is 0 Å². The zero-order chi connectivity index (χ0) is 18.0. The maximum absolute atomic E-state index is 11.8. The van der Waals surface area contributed by atoms with Gasteiger partial charge in [0.25, 0.3) is 0 Å². The van der Waals surface area contributed by atoms with Crippen LogP contribution in [0.3, 0.4) is 0 Å². The maximum atomic E-state index is 11.8. The summed E-state index contributed by atoms with van der Waals surface area (Å²) >= 11 is 1.22. The molecule has 2 aromatic heterocycles. The lowest BCUT2D eigenvalue weighted by Crippen LogP contribution is -2.18. The summed E-state index contributed by atoms with van der Waals surface area (Å²) < 4.78 is 27.7. The topological polar surface area (TPSA) is 101 Å². The zero-order valence-corrected chi connectivity index (χ0v) is 14.8. The van der Waals surface area contributed by atoms with Gasteiger partial charge in [0.05, 0.1) is 11.4 Å². The highest BCUT2D eigenvalue weighted by atomic mass is 32.2. The Kier molecular flexibility index (Phi) is 4.71. The summed E-state index contributed by atoms with van der Waals surface area (Å²) in [7, 11) is -2.12. The number of rotatable bonds is 6. The van der Waals surface area contributed by atoms with Crippen LogP contribution in [0.25, 0.3) is 11.4 Å². The number of aromatic carboxylic acids is 1. The molecule has 0 aliphatic heterocycles. The van der Waals surface area contributed by atoms with E-state index in [2.05, 4.69) is 9.71 Å². The van der Waals surface area contributed by atoms with E-state index in [4.69, 9.17) is 5.11 Å². The molecule has 0 spiro atoms. The van der Waals surface area contributed by atoms with E-state index in [0.29, 0.717) is 17.2 Å². The third kappa shape index (κ3) is 3.63. The lowest BCUT2D eigenvalue weighted by atomic mass is 10.2. The first-order valence-electron chi connectivity index (χ1n) is 7.28. The number of thiophene rings is 1. The van der Waals surface area contributed by atoms with E-state index >= 15 is 0 Å². The summed E-state index contributed by atoms with van der Waals surface area (Å²) in [6.45, 7) is 0.490. The van der Waals surface area contributed by atoms with E-state index in [-0.39, 0.29) is 4.90 Å². The van der Waals surface area contributed by atoms with Gasteiger partial charge in [0, 0.05) is 22.8 Å². The number of carbonyl (C=O) groups is 1. The van der Waals surface area contributed by atoms with Crippen molar-refractivity contribution < 1.29 is 18.3 Å². The number of nitrogens with zero attached hydrogens (tertiary/aromatic N) is 2. The van der Waals surface area contributed by atoms with Crippen molar-refractivity contribution in [3.05, 3.63) is 58.5 Å². The summed E-state index contributed by atoms with van der Waals surface area (Å²) in [5.74, 6) is -0.262. The molecule has 0 atom stereocenters. The third-order valence-electron chi connectivity index (χ3n) is 3.61. The number of nitrogens with one attached hydrogen (secondary N) is 1. The molecule has 0 fully saturated rings. The first kappa shape index (κ1) is 17.3. The fourth-order valence-corrected chi connectivity index (χ4v) is 3.92. The lowest BCUT2D eigenvalue weighted by molar-refractivity contribution is 0.0702. The van der Waals surface area contributed by atoms with Gasteiger partial charge in [-0.1, -0.05) is 0 Å². The molecule has 3 aromatic rings. The molecule has 3 rings (SSSR count). The predicted molar refractivity (Wildman–Crippen MR) is 94.3 cm³/mol. The molecule has 25 heavy (non-hydrogen) atoms. The number of benzene rings is 1. The SMILES string of the molecule is CNS(=O)(=O)c1ccc(-c2nccn2Cc2ccc(C(=O)O)s2)cc1. The van der Waals surface area contributed by atoms with Gasteiger partial charge in [0.2, 0.25) is 10.0 Å². The largest absolute Gasteiger partial charge is 0.477 e. The Balaban J connectivity index is 1.87.